The van der Waals surface area contributed by atoms with Crippen LogP contribution < -0.4 is 4.90 Å². The zero-order valence-corrected chi connectivity index (χ0v) is 19.0. The number of aromatic nitrogens is 4. The quantitative estimate of drug-likeness (QED) is 0.464. The molecule has 0 aliphatic heterocycles. The Balaban J connectivity index is 1.82. The summed E-state index contributed by atoms with van der Waals surface area (Å²) in [6, 6.07) is 3.97. The molecule has 4 rings (SSSR count). The van der Waals surface area contributed by atoms with E-state index in [4.69, 9.17) is 16.3 Å². The van der Waals surface area contributed by atoms with E-state index in [1.807, 2.05) is 32.4 Å². The van der Waals surface area contributed by atoms with E-state index in [0.29, 0.717) is 22.3 Å². The highest BCUT2D eigenvalue weighted by Gasteiger charge is 2.33. The number of rotatable bonds is 3. The zero-order chi connectivity index (χ0) is 20.9. The smallest absolute Gasteiger partial charge is 0.422 e. The minimum Gasteiger partial charge on any atom is -0.443 e. The standard InChI is InChI=1S/C20H21BrClN5O2/c1-11-17(10-24-27(11)13-5-6-13)26(19(28)29-20(2,3)4)18-23-9-12-7-15(22)14(21)8-16(12)25-18/h7-10,13H,5-6H2,1-4H3. The SMILES string of the molecule is Cc1c(N(C(=O)OC(C)(C)C)c2ncc3cc(Cl)c(Br)cc3n2)cnn1C1CC1. The van der Waals surface area contributed by atoms with Crippen LogP contribution in [-0.4, -0.2) is 31.4 Å². The van der Waals surface area contributed by atoms with Crippen molar-refractivity contribution in [1.82, 2.24) is 19.7 Å². The number of anilines is 2. The van der Waals surface area contributed by atoms with Crippen molar-refractivity contribution in [3.05, 3.63) is 39.7 Å². The van der Waals surface area contributed by atoms with E-state index >= 15 is 0 Å². The van der Waals surface area contributed by atoms with Gasteiger partial charge in [-0.1, -0.05) is 11.6 Å². The number of halogens is 2. The molecule has 1 aromatic carbocycles. The van der Waals surface area contributed by atoms with E-state index in [0.717, 1.165) is 28.4 Å². The molecule has 7 nitrogen and oxygen atoms in total. The normalized spacial score (nSPS) is 14.3. The van der Waals surface area contributed by atoms with Crippen molar-refractivity contribution >= 4 is 56.2 Å². The monoisotopic (exact) mass is 477 g/mol. The van der Waals surface area contributed by atoms with Crippen molar-refractivity contribution in [2.24, 2.45) is 0 Å². The Hall–Kier alpha value is -2.19. The number of carbonyl (C=O) groups is 1. The van der Waals surface area contributed by atoms with Crippen LogP contribution in [0.4, 0.5) is 16.4 Å². The summed E-state index contributed by atoms with van der Waals surface area (Å²) in [6.07, 6.45) is 4.95. The van der Waals surface area contributed by atoms with Gasteiger partial charge in [-0.2, -0.15) is 5.10 Å². The number of hydrogen-bond donors (Lipinski definition) is 0. The fraction of sp³-hybridized carbons (Fsp3) is 0.400. The maximum Gasteiger partial charge on any atom is 0.422 e. The predicted molar refractivity (Wildman–Crippen MR) is 116 cm³/mol. The summed E-state index contributed by atoms with van der Waals surface area (Å²) >= 11 is 9.59. The van der Waals surface area contributed by atoms with Gasteiger partial charge in [0, 0.05) is 16.1 Å². The largest absolute Gasteiger partial charge is 0.443 e. The molecule has 1 amide bonds. The fourth-order valence-corrected chi connectivity index (χ4v) is 3.54. The molecule has 1 saturated carbocycles. The fourth-order valence-electron chi connectivity index (χ4n) is 3.04. The van der Waals surface area contributed by atoms with Gasteiger partial charge in [0.2, 0.25) is 5.95 Å². The number of fused-ring (bicyclic) bond motifs is 1. The summed E-state index contributed by atoms with van der Waals surface area (Å²) in [6.45, 7) is 7.41. The molecular weight excluding hydrogens is 458 g/mol. The average molecular weight is 479 g/mol. The lowest BCUT2D eigenvalue weighted by Crippen LogP contribution is -2.35. The molecule has 2 aromatic heterocycles. The molecule has 9 heteroatoms. The van der Waals surface area contributed by atoms with Crippen LogP contribution in [0, 0.1) is 6.92 Å². The minimum atomic E-state index is -0.664. The van der Waals surface area contributed by atoms with Crippen LogP contribution in [0.2, 0.25) is 5.02 Å². The molecule has 1 aliphatic carbocycles. The number of nitrogens with zero attached hydrogens (tertiary/aromatic N) is 5. The van der Waals surface area contributed by atoms with Gasteiger partial charge in [-0.25, -0.2) is 19.7 Å². The maximum atomic E-state index is 13.1. The Bertz CT molecular complexity index is 1100. The second-order valence-corrected chi connectivity index (χ2v) is 9.36. The van der Waals surface area contributed by atoms with Gasteiger partial charge in [0.1, 0.15) is 5.60 Å². The Morgan fingerprint density at radius 3 is 2.69 bits per heavy atom. The third-order valence-electron chi connectivity index (χ3n) is 4.54. The second-order valence-electron chi connectivity index (χ2n) is 8.10. The van der Waals surface area contributed by atoms with Gasteiger partial charge >= 0.3 is 6.09 Å². The van der Waals surface area contributed by atoms with E-state index < -0.39 is 11.7 Å². The van der Waals surface area contributed by atoms with Gasteiger partial charge in [-0.05, 0) is 68.6 Å². The van der Waals surface area contributed by atoms with E-state index in [9.17, 15) is 4.79 Å². The summed E-state index contributed by atoms with van der Waals surface area (Å²) in [5, 5.41) is 5.82. The average Bonchev–Trinajstić information content (AvgIpc) is 3.39. The van der Waals surface area contributed by atoms with Crippen molar-refractivity contribution in [3.8, 4) is 0 Å². The molecule has 0 saturated heterocycles. The lowest BCUT2D eigenvalue weighted by Gasteiger charge is -2.26. The summed E-state index contributed by atoms with van der Waals surface area (Å²) in [7, 11) is 0. The first kappa shape index (κ1) is 20.1. The molecule has 0 radical (unpaired) electrons. The second kappa shape index (κ2) is 7.25. The molecule has 0 atom stereocenters. The summed E-state index contributed by atoms with van der Waals surface area (Å²) in [4.78, 5) is 23.5. The Morgan fingerprint density at radius 1 is 1.31 bits per heavy atom. The highest BCUT2D eigenvalue weighted by Crippen LogP contribution is 2.38. The molecule has 3 aromatic rings. The van der Waals surface area contributed by atoms with Gasteiger partial charge in [-0.3, -0.25) is 4.68 Å². The lowest BCUT2D eigenvalue weighted by molar-refractivity contribution is 0.0597. The molecule has 152 valence electrons. The van der Waals surface area contributed by atoms with Crippen LogP contribution in [0.3, 0.4) is 0 Å². The van der Waals surface area contributed by atoms with Gasteiger partial charge in [0.05, 0.1) is 34.2 Å². The molecule has 1 fully saturated rings. The third kappa shape index (κ3) is 4.09. The van der Waals surface area contributed by atoms with Crippen LogP contribution in [0.5, 0.6) is 0 Å². The van der Waals surface area contributed by atoms with Gasteiger partial charge in [0.25, 0.3) is 0 Å². The summed E-state index contributed by atoms with van der Waals surface area (Å²) in [5.74, 6) is 0.222. The van der Waals surface area contributed by atoms with E-state index in [2.05, 4.69) is 31.0 Å². The first-order valence-corrected chi connectivity index (χ1v) is 10.5. The van der Waals surface area contributed by atoms with Crippen molar-refractivity contribution in [2.75, 3.05) is 4.90 Å². The molecule has 1 aliphatic rings. The third-order valence-corrected chi connectivity index (χ3v) is 5.73. The van der Waals surface area contributed by atoms with E-state index in [1.54, 1.807) is 24.5 Å². The minimum absolute atomic E-state index is 0.222. The zero-order valence-electron chi connectivity index (χ0n) is 16.6. The molecule has 0 bridgehead atoms. The van der Waals surface area contributed by atoms with Crippen molar-refractivity contribution in [3.63, 3.8) is 0 Å². The van der Waals surface area contributed by atoms with Gasteiger partial charge in [-0.15, -0.1) is 0 Å². The molecular formula is C20H21BrClN5O2. The summed E-state index contributed by atoms with van der Waals surface area (Å²) in [5.41, 5.74) is 1.48. The van der Waals surface area contributed by atoms with Crippen LogP contribution >= 0.6 is 27.5 Å². The van der Waals surface area contributed by atoms with Crippen molar-refractivity contribution in [2.45, 2.75) is 52.2 Å². The van der Waals surface area contributed by atoms with Crippen LogP contribution in [0.15, 0.2) is 29.0 Å². The van der Waals surface area contributed by atoms with Gasteiger partial charge in [0.15, 0.2) is 0 Å². The number of ether oxygens (including phenoxy) is 1. The maximum absolute atomic E-state index is 13.1. The van der Waals surface area contributed by atoms with Crippen LogP contribution in [0.1, 0.15) is 45.3 Å². The molecule has 0 N–H and O–H groups in total. The van der Waals surface area contributed by atoms with E-state index in [1.165, 1.54) is 4.90 Å². The van der Waals surface area contributed by atoms with Crippen molar-refractivity contribution < 1.29 is 9.53 Å². The lowest BCUT2D eigenvalue weighted by atomic mass is 10.2. The number of hydrogen-bond acceptors (Lipinski definition) is 5. The Kier molecular flexibility index (Phi) is 5.02. The van der Waals surface area contributed by atoms with Crippen LogP contribution in [0.25, 0.3) is 10.9 Å². The first-order valence-electron chi connectivity index (χ1n) is 9.33. The van der Waals surface area contributed by atoms with Gasteiger partial charge < -0.3 is 4.74 Å². The number of amides is 1. The Morgan fingerprint density at radius 2 is 2.03 bits per heavy atom. The first-order chi connectivity index (χ1) is 13.6. The predicted octanol–water partition coefficient (Wildman–Crippen LogP) is 5.96. The summed E-state index contributed by atoms with van der Waals surface area (Å²) < 4.78 is 8.31. The molecule has 2 heterocycles. The van der Waals surface area contributed by atoms with Crippen molar-refractivity contribution in [1.29, 1.82) is 0 Å². The molecule has 0 spiro atoms. The Labute approximate surface area is 182 Å². The highest BCUT2D eigenvalue weighted by molar-refractivity contribution is 9.10. The number of carbonyl (C=O) groups excluding carboxylic acids is 1. The number of benzene rings is 1. The van der Waals surface area contributed by atoms with E-state index in [-0.39, 0.29) is 5.95 Å². The molecule has 0 unspecified atom stereocenters. The van der Waals surface area contributed by atoms with Crippen LogP contribution in [-0.2, 0) is 4.74 Å². The molecule has 29 heavy (non-hydrogen) atoms. The topological polar surface area (TPSA) is 73.1 Å². The highest BCUT2D eigenvalue weighted by atomic mass is 79.9.